The van der Waals surface area contributed by atoms with Gasteiger partial charge in [-0.2, -0.15) is 0 Å². The second kappa shape index (κ2) is 7.43. The summed E-state index contributed by atoms with van der Waals surface area (Å²) in [4.78, 5) is 20.5. The van der Waals surface area contributed by atoms with Crippen molar-refractivity contribution in [3.05, 3.63) is 58.1 Å². The van der Waals surface area contributed by atoms with Gasteiger partial charge in [-0.05, 0) is 24.8 Å². The van der Waals surface area contributed by atoms with E-state index in [2.05, 4.69) is 31.8 Å². The summed E-state index contributed by atoms with van der Waals surface area (Å²) in [6, 6.07) is 5.77. The van der Waals surface area contributed by atoms with E-state index in [1.54, 1.807) is 17.7 Å². The van der Waals surface area contributed by atoms with Gasteiger partial charge in [-0.1, -0.05) is 11.2 Å². The number of amides is 1. The van der Waals surface area contributed by atoms with E-state index in [-0.39, 0.29) is 11.9 Å². The molecule has 7 nitrogen and oxygen atoms in total. The zero-order valence-electron chi connectivity index (χ0n) is 14.6. The number of carbonyl (C=O) groups is 1. The molecule has 4 heterocycles. The molecule has 26 heavy (non-hydrogen) atoms. The lowest BCUT2D eigenvalue weighted by molar-refractivity contribution is -0.125. The quantitative estimate of drug-likeness (QED) is 0.719. The maximum atomic E-state index is 12.8. The summed E-state index contributed by atoms with van der Waals surface area (Å²) >= 11 is 1.71. The number of hydrogen-bond donors (Lipinski definition) is 1. The Balaban J connectivity index is 1.41. The third-order valence-corrected chi connectivity index (χ3v) is 5.45. The van der Waals surface area contributed by atoms with Crippen LogP contribution >= 0.6 is 11.3 Å². The summed E-state index contributed by atoms with van der Waals surface area (Å²) in [5, 5.41) is 9.19. The lowest BCUT2D eigenvalue weighted by Gasteiger charge is -2.33. The van der Waals surface area contributed by atoms with E-state index in [0.29, 0.717) is 19.6 Å². The molecule has 0 fully saturated rings. The van der Waals surface area contributed by atoms with Crippen LogP contribution < -0.4 is 5.32 Å². The summed E-state index contributed by atoms with van der Waals surface area (Å²) in [5.74, 6) is 0.826. The van der Waals surface area contributed by atoms with Crippen molar-refractivity contribution < 1.29 is 9.32 Å². The van der Waals surface area contributed by atoms with Crippen molar-refractivity contribution in [3.8, 4) is 0 Å². The van der Waals surface area contributed by atoms with E-state index < -0.39 is 0 Å². The largest absolute Gasteiger partial charge is 0.361 e. The molecule has 0 aliphatic carbocycles. The molecule has 1 N–H and O–H groups in total. The summed E-state index contributed by atoms with van der Waals surface area (Å²) < 4.78 is 7.13. The number of rotatable bonds is 6. The van der Waals surface area contributed by atoms with Gasteiger partial charge < -0.3 is 14.4 Å². The number of nitrogens with one attached hydrogen (secondary N) is 1. The molecule has 8 heteroatoms. The summed E-state index contributed by atoms with van der Waals surface area (Å²) in [6.07, 6.45) is 4.43. The van der Waals surface area contributed by atoms with Crippen LogP contribution in [0.3, 0.4) is 0 Å². The van der Waals surface area contributed by atoms with Gasteiger partial charge in [0.15, 0.2) is 0 Å². The smallest absolute Gasteiger partial charge is 0.244 e. The molecule has 3 aromatic heterocycles. The highest BCUT2D eigenvalue weighted by Gasteiger charge is 2.30. The molecule has 3 aromatic rings. The van der Waals surface area contributed by atoms with E-state index >= 15 is 0 Å². The van der Waals surface area contributed by atoms with Gasteiger partial charge >= 0.3 is 0 Å². The Morgan fingerprint density at radius 1 is 1.50 bits per heavy atom. The fourth-order valence-electron chi connectivity index (χ4n) is 3.29. The van der Waals surface area contributed by atoms with Crippen LogP contribution in [0.2, 0.25) is 0 Å². The molecular weight excluding hydrogens is 350 g/mol. The number of aryl methyl sites for hydroxylation is 1. The second-order valence-corrected chi connectivity index (χ2v) is 7.56. The van der Waals surface area contributed by atoms with Crippen molar-refractivity contribution >= 4 is 17.2 Å². The summed E-state index contributed by atoms with van der Waals surface area (Å²) in [6.45, 7) is 4.54. The van der Waals surface area contributed by atoms with Crippen LogP contribution in [-0.2, 0) is 24.3 Å². The van der Waals surface area contributed by atoms with Crippen molar-refractivity contribution in [2.45, 2.75) is 32.5 Å². The molecule has 0 radical (unpaired) electrons. The minimum absolute atomic E-state index is 0.0295. The van der Waals surface area contributed by atoms with Crippen LogP contribution in [0, 0.1) is 6.92 Å². The van der Waals surface area contributed by atoms with Crippen molar-refractivity contribution in [2.24, 2.45) is 0 Å². The Kier molecular flexibility index (Phi) is 4.85. The highest BCUT2D eigenvalue weighted by atomic mass is 32.1. The molecule has 136 valence electrons. The van der Waals surface area contributed by atoms with Gasteiger partial charge in [-0.25, -0.2) is 4.98 Å². The van der Waals surface area contributed by atoms with Gasteiger partial charge in [0.2, 0.25) is 5.91 Å². The van der Waals surface area contributed by atoms with E-state index in [1.165, 1.54) is 4.88 Å². The second-order valence-electron chi connectivity index (χ2n) is 6.53. The van der Waals surface area contributed by atoms with Crippen LogP contribution in [0.1, 0.15) is 28.1 Å². The molecule has 0 spiro atoms. The normalized spacial score (nSPS) is 17.2. The zero-order valence-corrected chi connectivity index (χ0v) is 15.4. The highest BCUT2D eigenvalue weighted by Crippen LogP contribution is 2.22. The molecule has 4 rings (SSSR count). The Bertz CT molecular complexity index is 870. The predicted octanol–water partition coefficient (Wildman–Crippen LogP) is 2.16. The summed E-state index contributed by atoms with van der Waals surface area (Å²) in [7, 11) is 0. The first-order chi connectivity index (χ1) is 12.7. The SMILES string of the molecule is Cc1cc(CN2Cc3cncn3C(C(=O)NCCc3cccs3)C2)no1. The van der Waals surface area contributed by atoms with Gasteiger partial charge in [-0.15, -0.1) is 11.3 Å². The number of carbonyl (C=O) groups excluding carboxylic acids is 1. The first-order valence-electron chi connectivity index (χ1n) is 8.64. The van der Waals surface area contributed by atoms with Crippen LogP contribution in [0.5, 0.6) is 0 Å². The summed E-state index contributed by atoms with van der Waals surface area (Å²) in [5.41, 5.74) is 1.92. The number of fused-ring (bicyclic) bond motifs is 1. The first kappa shape index (κ1) is 17.0. The average Bonchev–Trinajstić information content (AvgIpc) is 3.36. The number of aromatic nitrogens is 3. The number of imidazole rings is 1. The molecule has 1 aliphatic rings. The monoisotopic (exact) mass is 371 g/mol. The van der Waals surface area contributed by atoms with Gasteiger partial charge in [0.1, 0.15) is 11.8 Å². The lowest BCUT2D eigenvalue weighted by Crippen LogP contribution is -2.44. The molecular formula is C18H21N5O2S. The van der Waals surface area contributed by atoms with Crippen LogP contribution in [0.15, 0.2) is 40.6 Å². The fraction of sp³-hybridized carbons (Fsp3) is 0.389. The lowest BCUT2D eigenvalue weighted by atomic mass is 10.1. The molecule has 0 saturated heterocycles. The third kappa shape index (κ3) is 3.71. The van der Waals surface area contributed by atoms with E-state index in [1.807, 2.05) is 29.8 Å². The minimum atomic E-state index is -0.280. The van der Waals surface area contributed by atoms with Gasteiger partial charge in [0.25, 0.3) is 0 Å². The number of nitrogens with zero attached hydrogens (tertiary/aromatic N) is 4. The van der Waals surface area contributed by atoms with E-state index in [0.717, 1.165) is 30.1 Å². The van der Waals surface area contributed by atoms with Crippen molar-refractivity contribution in [2.75, 3.05) is 13.1 Å². The fourth-order valence-corrected chi connectivity index (χ4v) is 4.00. The van der Waals surface area contributed by atoms with Crippen molar-refractivity contribution in [1.29, 1.82) is 0 Å². The van der Waals surface area contributed by atoms with Crippen LogP contribution in [-0.4, -0.2) is 38.6 Å². The maximum absolute atomic E-state index is 12.8. The van der Waals surface area contributed by atoms with Crippen LogP contribution in [0.4, 0.5) is 0 Å². The molecule has 0 saturated carbocycles. The number of thiophene rings is 1. The molecule has 0 bridgehead atoms. The first-order valence-corrected chi connectivity index (χ1v) is 9.52. The average molecular weight is 371 g/mol. The Morgan fingerprint density at radius 2 is 2.42 bits per heavy atom. The third-order valence-electron chi connectivity index (χ3n) is 4.51. The minimum Gasteiger partial charge on any atom is -0.361 e. The van der Waals surface area contributed by atoms with E-state index in [4.69, 9.17) is 4.52 Å². The van der Waals surface area contributed by atoms with Crippen LogP contribution in [0.25, 0.3) is 0 Å². The van der Waals surface area contributed by atoms with Crippen molar-refractivity contribution in [1.82, 2.24) is 24.9 Å². The highest BCUT2D eigenvalue weighted by molar-refractivity contribution is 7.09. The standard InChI is InChI=1S/C18H21N5O2S/c1-13-7-14(21-25-13)9-22-10-15-8-19-12-23(15)17(11-22)18(24)20-5-4-16-3-2-6-26-16/h2-3,6-8,12,17H,4-5,9-11H2,1H3,(H,20,24). The Morgan fingerprint density at radius 3 is 3.19 bits per heavy atom. The van der Waals surface area contributed by atoms with Gasteiger partial charge in [0.05, 0.1) is 17.7 Å². The Labute approximate surface area is 155 Å². The van der Waals surface area contributed by atoms with Gasteiger partial charge in [-0.3, -0.25) is 9.69 Å². The van der Waals surface area contributed by atoms with Crippen molar-refractivity contribution in [3.63, 3.8) is 0 Å². The van der Waals surface area contributed by atoms with Gasteiger partial charge in [0, 0.05) is 43.3 Å². The molecule has 1 atom stereocenters. The topological polar surface area (TPSA) is 76.2 Å². The molecule has 1 unspecified atom stereocenters. The zero-order chi connectivity index (χ0) is 17.9. The molecule has 0 aromatic carbocycles. The van der Waals surface area contributed by atoms with E-state index in [9.17, 15) is 4.79 Å². The maximum Gasteiger partial charge on any atom is 0.244 e. The molecule has 1 aliphatic heterocycles. The molecule has 1 amide bonds. The predicted molar refractivity (Wildman–Crippen MR) is 97.7 cm³/mol. The Hall–Kier alpha value is -2.45. The number of hydrogen-bond acceptors (Lipinski definition) is 6.